The van der Waals surface area contributed by atoms with E-state index in [-0.39, 0.29) is 5.38 Å². The lowest BCUT2D eigenvalue weighted by Crippen LogP contribution is -2.40. The molecule has 20 heavy (non-hydrogen) atoms. The number of rotatable bonds is 3. The van der Waals surface area contributed by atoms with Crippen LogP contribution in [0.1, 0.15) is 36.8 Å². The molecule has 0 radical (unpaired) electrons. The SMILES string of the molecule is CN(Cc1cc(Br)cc2c1OCC2)C1CCCCC1Cl. The van der Waals surface area contributed by atoms with Gasteiger partial charge in [-0.2, -0.15) is 0 Å². The fourth-order valence-corrected chi connectivity index (χ4v) is 4.44. The van der Waals surface area contributed by atoms with Gasteiger partial charge in [0.05, 0.1) is 6.61 Å². The van der Waals surface area contributed by atoms with E-state index in [2.05, 4.69) is 40.0 Å². The summed E-state index contributed by atoms with van der Waals surface area (Å²) in [6.45, 7) is 1.72. The average Bonchev–Trinajstić information content (AvgIpc) is 2.87. The first-order chi connectivity index (χ1) is 9.65. The second-order valence-corrected chi connectivity index (χ2v) is 7.41. The maximum absolute atomic E-state index is 6.51. The van der Waals surface area contributed by atoms with Gasteiger partial charge in [0.15, 0.2) is 0 Å². The second-order valence-electron chi connectivity index (χ2n) is 5.93. The van der Waals surface area contributed by atoms with Gasteiger partial charge in [0.25, 0.3) is 0 Å². The van der Waals surface area contributed by atoms with Crippen molar-refractivity contribution < 1.29 is 4.74 Å². The van der Waals surface area contributed by atoms with Crippen LogP contribution in [-0.4, -0.2) is 30.0 Å². The van der Waals surface area contributed by atoms with E-state index >= 15 is 0 Å². The highest BCUT2D eigenvalue weighted by molar-refractivity contribution is 9.10. The second kappa shape index (κ2) is 6.25. The fourth-order valence-electron chi connectivity index (χ4n) is 3.41. The van der Waals surface area contributed by atoms with Crippen molar-refractivity contribution in [2.24, 2.45) is 0 Å². The Bertz CT molecular complexity index is 494. The van der Waals surface area contributed by atoms with E-state index in [1.165, 1.54) is 30.4 Å². The van der Waals surface area contributed by atoms with Crippen LogP contribution in [0.2, 0.25) is 0 Å². The van der Waals surface area contributed by atoms with Crippen molar-refractivity contribution in [3.05, 3.63) is 27.7 Å². The monoisotopic (exact) mass is 357 g/mol. The summed E-state index contributed by atoms with van der Waals surface area (Å²) in [6, 6.07) is 4.85. The van der Waals surface area contributed by atoms with Gasteiger partial charge in [0, 0.05) is 34.4 Å². The highest BCUT2D eigenvalue weighted by Gasteiger charge is 2.28. The molecule has 4 heteroatoms. The minimum absolute atomic E-state index is 0.287. The van der Waals surface area contributed by atoms with Crippen molar-refractivity contribution in [1.29, 1.82) is 0 Å². The van der Waals surface area contributed by atoms with Gasteiger partial charge in [-0.1, -0.05) is 28.8 Å². The Kier molecular flexibility index (Phi) is 4.58. The van der Waals surface area contributed by atoms with Gasteiger partial charge in [-0.15, -0.1) is 11.6 Å². The maximum Gasteiger partial charge on any atom is 0.127 e. The first-order valence-corrected chi connectivity index (χ1v) is 8.66. The molecule has 2 aliphatic rings. The largest absolute Gasteiger partial charge is 0.493 e. The minimum atomic E-state index is 0.287. The number of fused-ring (bicyclic) bond motifs is 1. The van der Waals surface area contributed by atoms with Crippen LogP contribution < -0.4 is 4.74 Å². The predicted molar refractivity (Wildman–Crippen MR) is 86.7 cm³/mol. The van der Waals surface area contributed by atoms with Crippen LogP contribution in [0.4, 0.5) is 0 Å². The number of benzene rings is 1. The van der Waals surface area contributed by atoms with Crippen LogP contribution in [0.25, 0.3) is 0 Å². The van der Waals surface area contributed by atoms with E-state index in [0.29, 0.717) is 6.04 Å². The molecular formula is C16H21BrClNO. The van der Waals surface area contributed by atoms with Crippen LogP contribution in [0, 0.1) is 0 Å². The van der Waals surface area contributed by atoms with Crippen LogP contribution in [-0.2, 0) is 13.0 Å². The van der Waals surface area contributed by atoms with Crippen molar-refractivity contribution in [3.63, 3.8) is 0 Å². The van der Waals surface area contributed by atoms with E-state index < -0.39 is 0 Å². The molecule has 1 aliphatic carbocycles. The van der Waals surface area contributed by atoms with Crippen molar-refractivity contribution >= 4 is 27.5 Å². The number of alkyl halides is 1. The molecule has 1 aliphatic heterocycles. The smallest absolute Gasteiger partial charge is 0.127 e. The Morgan fingerprint density at radius 3 is 2.95 bits per heavy atom. The number of hydrogen-bond acceptors (Lipinski definition) is 2. The normalized spacial score (nSPS) is 25.6. The standard InChI is InChI=1S/C16H21BrClNO/c1-19(15-5-3-2-4-14(15)18)10-12-9-13(17)8-11-6-7-20-16(11)12/h8-9,14-15H,2-7,10H2,1H3. The number of hydrogen-bond donors (Lipinski definition) is 0. The molecule has 3 rings (SSSR count). The lowest BCUT2D eigenvalue weighted by Gasteiger charge is -2.35. The molecule has 0 N–H and O–H groups in total. The summed E-state index contributed by atoms with van der Waals surface area (Å²) in [5.41, 5.74) is 2.61. The zero-order valence-electron chi connectivity index (χ0n) is 11.9. The highest BCUT2D eigenvalue weighted by Crippen LogP contribution is 2.35. The summed E-state index contributed by atoms with van der Waals surface area (Å²) in [6.07, 6.45) is 5.94. The summed E-state index contributed by atoms with van der Waals surface area (Å²) >= 11 is 10.1. The summed E-state index contributed by atoms with van der Waals surface area (Å²) in [5, 5.41) is 0.287. The van der Waals surface area contributed by atoms with Crippen LogP contribution >= 0.6 is 27.5 Å². The molecule has 0 amide bonds. The van der Waals surface area contributed by atoms with Crippen molar-refractivity contribution in [2.75, 3.05) is 13.7 Å². The Labute approximate surface area is 134 Å². The van der Waals surface area contributed by atoms with Crippen molar-refractivity contribution in [1.82, 2.24) is 4.90 Å². The lowest BCUT2D eigenvalue weighted by atomic mass is 9.93. The van der Waals surface area contributed by atoms with Gasteiger partial charge < -0.3 is 4.74 Å². The molecule has 2 unspecified atom stereocenters. The molecule has 110 valence electrons. The van der Waals surface area contributed by atoms with Gasteiger partial charge >= 0.3 is 0 Å². The summed E-state index contributed by atoms with van der Waals surface area (Å²) in [5.74, 6) is 1.10. The van der Waals surface area contributed by atoms with Crippen molar-refractivity contribution in [2.45, 2.75) is 50.1 Å². The molecule has 1 aromatic carbocycles. The number of nitrogens with zero attached hydrogens (tertiary/aromatic N) is 1. The van der Waals surface area contributed by atoms with E-state index in [1.807, 2.05) is 0 Å². The fraction of sp³-hybridized carbons (Fsp3) is 0.625. The molecule has 1 fully saturated rings. The first kappa shape index (κ1) is 14.7. The number of halogens is 2. The molecule has 1 aromatic rings. The van der Waals surface area contributed by atoms with Gasteiger partial charge in [-0.05, 0) is 37.6 Å². The zero-order valence-corrected chi connectivity index (χ0v) is 14.2. The van der Waals surface area contributed by atoms with Crippen LogP contribution in [0.15, 0.2) is 16.6 Å². The van der Waals surface area contributed by atoms with E-state index in [1.54, 1.807) is 0 Å². The summed E-state index contributed by atoms with van der Waals surface area (Å²) in [7, 11) is 2.19. The first-order valence-electron chi connectivity index (χ1n) is 7.43. The molecular weight excluding hydrogens is 338 g/mol. The molecule has 2 atom stereocenters. The number of ether oxygens (including phenoxy) is 1. The topological polar surface area (TPSA) is 12.5 Å². The molecule has 1 heterocycles. The van der Waals surface area contributed by atoms with Gasteiger partial charge in [-0.25, -0.2) is 0 Å². The van der Waals surface area contributed by atoms with E-state index in [0.717, 1.165) is 36.2 Å². The lowest BCUT2D eigenvalue weighted by molar-refractivity contribution is 0.186. The minimum Gasteiger partial charge on any atom is -0.493 e. The predicted octanol–water partition coefficient (Wildman–Crippen LogP) is 4.37. The van der Waals surface area contributed by atoms with Gasteiger partial charge in [0.2, 0.25) is 0 Å². The zero-order chi connectivity index (χ0) is 14.1. The molecule has 2 nitrogen and oxygen atoms in total. The van der Waals surface area contributed by atoms with Crippen LogP contribution in [0.3, 0.4) is 0 Å². The summed E-state index contributed by atoms with van der Waals surface area (Å²) in [4.78, 5) is 2.40. The molecule has 0 aromatic heterocycles. The molecule has 0 spiro atoms. The Morgan fingerprint density at radius 1 is 1.35 bits per heavy atom. The van der Waals surface area contributed by atoms with E-state index in [4.69, 9.17) is 16.3 Å². The van der Waals surface area contributed by atoms with Gasteiger partial charge in [-0.3, -0.25) is 4.90 Å². The Morgan fingerprint density at radius 2 is 2.15 bits per heavy atom. The Balaban J connectivity index is 1.77. The third kappa shape index (κ3) is 3.00. The van der Waals surface area contributed by atoms with Crippen LogP contribution in [0.5, 0.6) is 5.75 Å². The summed E-state index contributed by atoms with van der Waals surface area (Å²) < 4.78 is 6.97. The highest BCUT2D eigenvalue weighted by atomic mass is 79.9. The quantitative estimate of drug-likeness (QED) is 0.744. The molecule has 1 saturated carbocycles. The van der Waals surface area contributed by atoms with Crippen molar-refractivity contribution in [3.8, 4) is 5.75 Å². The third-order valence-corrected chi connectivity index (χ3v) is 5.43. The van der Waals surface area contributed by atoms with E-state index in [9.17, 15) is 0 Å². The third-order valence-electron chi connectivity index (χ3n) is 4.46. The Hall–Kier alpha value is -0.250. The van der Waals surface area contributed by atoms with Gasteiger partial charge in [0.1, 0.15) is 5.75 Å². The maximum atomic E-state index is 6.51. The molecule has 0 bridgehead atoms. The average molecular weight is 359 g/mol. The molecule has 0 saturated heterocycles.